The van der Waals surface area contributed by atoms with Gasteiger partial charge in [-0.2, -0.15) is 0 Å². The Morgan fingerprint density at radius 2 is 0.558 bits per heavy atom. The summed E-state index contributed by atoms with van der Waals surface area (Å²) in [4.78, 5) is 72.4. The minimum atomic E-state index is -4.95. The number of carbonyl (C=O) groups excluding carboxylic acids is 4. The van der Waals surface area contributed by atoms with E-state index in [1.165, 1.54) is 128 Å². The van der Waals surface area contributed by atoms with Gasteiger partial charge < -0.3 is 33.8 Å². The molecule has 0 saturated heterocycles. The molecule has 0 aromatic rings. The zero-order valence-corrected chi connectivity index (χ0v) is 57.7. The van der Waals surface area contributed by atoms with E-state index in [1.807, 2.05) is 0 Å². The summed E-state index contributed by atoms with van der Waals surface area (Å²) in [6.45, 7) is 14.0. The van der Waals surface area contributed by atoms with Crippen molar-refractivity contribution in [3.8, 4) is 0 Å². The van der Waals surface area contributed by atoms with E-state index >= 15 is 0 Å². The lowest BCUT2D eigenvalue weighted by molar-refractivity contribution is -0.161. The highest BCUT2D eigenvalue weighted by Gasteiger charge is 2.30. The molecular weight excluding hydrogens is 1140 g/mol. The van der Waals surface area contributed by atoms with E-state index in [-0.39, 0.29) is 25.7 Å². The van der Waals surface area contributed by atoms with Crippen molar-refractivity contribution in [1.82, 2.24) is 0 Å². The number of unbranched alkanes of at least 4 members (excludes halogenated alkanes) is 29. The van der Waals surface area contributed by atoms with Crippen molar-refractivity contribution in [2.75, 3.05) is 39.6 Å². The number of hydrogen-bond donors (Lipinski definition) is 3. The maximum absolute atomic E-state index is 13.0. The molecule has 0 amide bonds. The lowest BCUT2D eigenvalue weighted by Gasteiger charge is -2.21. The molecule has 0 aliphatic rings. The molecule has 0 bridgehead atoms. The SMILES string of the molecule is CCC(C)CCCCCCCCC(=O)O[C@H](COC(=O)CCCCCCCCCCC(C)C)COP(=O)(O)OCC(O)COP(=O)(O)OC[C@@H](COC(=O)CCCCCCCCCCC(C)C)OC(=O)CCCCCCCCCCCCCC(C)C. The monoisotopic (exact) mass is 1270 g/mol. The van der Waals surface area contributed by atoms with Gasteiger partial charge in [-0.1, -0.05) is 274 Å². The molecule has 0 aromatic carbocycles. The molecule has 17 nitrogen and oxygen atoms in total. The van der Waals surface area contributed by atoms with Gasteiger partial charge in [-0.3, -0.25) is 37.3 Å². The fraction of sp³-hybridized carbons (Fsp3) is 0.940. The third-order valence-corrected chi connectivity index (χ3v) is 17.6. The van der Waals surface area contributed by atoms with Gasteiger partial charge in [0.25, 0.3) is 0 Å². The molecular formula is C67H130O17P2. The standard InChI is InChI=1S/C67H130O17P2/c1-9-60(8)46-38-30-25-26-34-42-50-67(72)84-63(54-78-65(70)48-40-32-23-18-16-21-29-37-45-59(6)7)56-82-86(75,76)80-52-61(68)51-79-85(73,74)81-55-62(53-77-64(69)47-39-31-22-17-15-20-28-36-44-58(4)5)83-66(71)49-41-33-24-14-12-10-11-13-19-27-35-43-57(2)3/h57-63,68H,9-56H2,1-8H3,(H,73,74)(H,75,76)/t60?,61?,62-,63-/m1/s1. The van der Waals surface area contributed by atoms with Crippen LogP contribution in [-0.4, -0.2) is 96.7 Å². The Bertz CT molecular complexity index is 1720. The van der Waals surface area contributed by atoms with E-state index in [0.717, 1.165) is 114 Å². The topological polar surface area (TPSA) is 237 Å². The molecule has 4 unspecified atom stereocenters. The average Bonchev–Trinajstić information content (AvgIpc) is 3.64. The number of phosphoric acid groups is 2. The first kappa shape index (κ1) is 84.1. The summed E-state index contributed by atoms with van der Waals surface area (Å²) in [5.74, 6) is 0.801. The van der Waals surface area contributed by atoms with Crippen molar-refractivity contribution in [2.24, 2.45) is 23.7 Å². The maximum Gasteiger partial charge on any atom is 0.472 e. The van der Waals surface area contributed by atoms with Crippen LogP contribution in [0.3, 0.4) is 0 Å². The van der Waals surface area contributed by atoms with Crippen LogP contribution in [-0.2, 0) is 65.4 Å². The van der Waals surface area contributed by atoms with Gasteiger partial charge in [-0.25, -0.2) is 9.13 Å². The number of esters is 4. The van der Waals surface area contributed by atoms with Crippen LogP contribution in [0.5, 0.6) is 0 Å². The fourth-order valence-corrected chi connectivity index (χ4v) is 11.5. The Labute approximate surface area is 524 Å². The zero-order chi connectivity index (χ0) is 63.9. The summed E-state index contributed by atoms with van der Waals surface area (Å²) in [6.07, 6.45) is 37.7. The van der Waals surface area contributed by atoms with Crippen molar-refractivity contribution >= 4 is 39.5 Å². The summed E-state index contributed by atoms with van der Waals surface area (Å²) in [5, 5.41) is 10.6. The van der Waals surface area contributed by atoms with Crippen LogP contribution in [0.2, 0.25) is 0 Å². The van der Waals surface area contributed by atoms with Crippen molar-refractivity contribution in [2.45, 2.75) is 343 Å². The minimum Gasteiger partial charge on any atom is -0.462 e. The molecule has 0 radical (unpaired) electrons. The first-order valence-corrected chi connectivity index (χ1v) is 37.7. The highest BCUT2D eigenvalue weighted by atomic mass is 31.2. The van der Waals surface area contributed by atoms with E-state index < -0.39 is 97.5 Å². The number of ether oxygens (including phenoxy) is 4. The van der Waals surface area contributed by atoms with Gasteiger partial charge in [0.1, 0.15) is 19.3 Å². The van der Waals surface area contributed by atoms with E-state index in [0.29, 0.717) is 25.7 Å². The quantitative estimate of drug-likeness (QED) is 0.0222. The van der Waals surface area contributed by atoms with Crippen LogP contribution in [0.15, 0.2) is 0 Å². The highest BCUT2D eigenvalue weighted by molar-refractivity contribution is 7.47. The third-order valence-electron chi connectivity index (χ3n) is 15.7. The van der Waals surface area contributed by atoms with Crippen molar-refractivity contribution in [1.29, 1.82) is 0 Å². The number of aliphatic hydroxyl groups is 1. The molecule has 0 aliphatic carbocycles. The summed E-state index contributed by atoms with van der Waals surface area (Å²) in [7, 11) is -9.90. The first-order chi connectivity index (χ1) is 41.1. The summed E-state index contributed by atoms with van der Waals surface area (Å²) < 4.78 is 68.1. The zero-order valence-electron chi connectivity index (χ0n) is 55.9. The van der Waals surface area contributed by atoms with E-state index in [2.05, 4.69) is 55.4 Å². The smallest absolute Gasteiger partial charge is 0.462 e. The first-order valence-electron chi connectivity index (χ1n) is 34.7. The van der Waals surface area contributed by atoms with Crippen LogP contribution in [0.25, 0.3) is 0 Å². The molecule has 19 heteroatoms. The lowest BCUT2D eigenvalue weighted by atomic mass is 10.00. The van der Waals surface area contributed by atoms with Crippen LogP contribution in [0.4, 0.5) is 0 Å². The second-order valence-corrected chi connectivity index (χ2v) is 28.8. The van der Waals surface area contributed by atoms with Gasteiger partial charge in [0.2, 0.25) is 0 Å². The number of aliphatic hydroxyl groups excluding tert-OH is 1. The van der Waals surface area contributed by atoms with Crippen LogP contribution >= 0.6 is 15.6 Å². The molecule has 510 valence electrons. The van der Waals surface area contributed by atoms with E-state index in [9.17, 15) is 43.2 Å². The van der Waals surface area contributed by atoms with Crippen molar-refractivity contribution in [3.05, 3.63) is 0 Å². The summed E-state index contributed by atoms with van der Waals surface area (Å²) in [5.41, 5.74) is 0. The Morgan fingerprint density at radius 3 is 0.826 bits per heavy atom. The Morgan fingerprint density at radius 1 is 0.326 bits per heavy atom. The van der Waals surface area contributed by atoms with Gasteiger partial charge in [-0.05, 0) is 49.4 Å². The Hall–Kier alpha value is -1.94. The number of carbonyl (C=O) groups is 4. The number of rotatable bonds is 64. The summed E-state index contributed by atoms with van der Waals surface area (Å²) in [6, 6.07) is 0. The molecule has 0 saturated carbocycles. The Kier molecular flexibility index (Phi) is 55.7. The molecule has 0 spiro atoms. The second kappa shape index (κ2) is 57.0. The van der Waals surface area contributed by atoms with Crippen LogP contribution in [0, 0.1) is 23.7 Å². The van der Waals surface area contributed by atoms with Gasteiger partial charge >= 0.3 is 39.5 Å². The van der Waals surface area contributed by atoms with E-state index in [4.69, 9.17) is 37.0 Å². The normalized spacial score (nSPS) is 14.7. The van der Waals surface area contributed by atoms with Gasteiger partial charge in [0.15, 0.2) is 12.2 Å². The van der Waals surface area contributed by atoms with Gasteiger partial charge in [0.05, 0.1) is 26.4 Å². The molecule has 86 heavy (non-hydrogen) atoms. The molecule has 3 N–H and O–H groups in total. The van der Waals surface area contributed by atoms with Crippen LogP contribution < -0.4 is 0 Å². The van der Waals surface area contributed by atoms with Crippen LogP contribution in [0.1, 0.15) is 325 Å². The van der Waals surface area contributed by atoms with Gasteiger partial charge in [0, 0.05) is 25.7 Å². The second-order valence-electron chi connectivity index (χ2n) is 25.9. The fourth-order valence-electron chi connectivity index (χ4n) is 9.93. The lowest BCUT2D eigenvalue weighted by Crippen LogP contribution is -2.30. The number of phosphoric ester groups is 2. The van der Waals surface area contributed by atoms with E-state index in [1.54, 1.807) is 0 Å². The predicted molar refractivity (Wildman–Crippen MR) is 344 cm³/mol. The average molecular weight is 1270 g/mol. The van der Waals surface area contributed by atoms with Gasteiger partial charge in [-0.15, -0.1) is 0 Å². The summed E-state index contributed by atoms with van der Waals surface area (Å²) >= 11 is 0. The number of hydrogen-bond acceptors (Lipinski definition) is 15. The largest absolute Gasteiger partial charge is 0.472 e. The van der Waals surface area contributed by atoms with Crippen molar-refractivity contribution in [3.63, 3.8) is 0 Å². The minimum absolute atomic E-state index is 0.102. The molecule has 6 atom stereocenters. The third kappa shape index (κ3) is 59.7. The molecule has 0 rings (SSSR count). The molecule has 0 aliphatic heterocycles. The molecule has 0 fully saturated rings. The molecule has 0 heterocycles. The maximum atomic E-state index is 13.0. The molecule has 0 aromatic heterocycles. The predicted octanol–water partition coefficient (Wildman–Crippen LogP) is 18.5. The highest BCUT2D eigenvalue weighted by Crippen LogP contribution is 2.45. The Balaban J connectivity index is 5.26. The van der Waals surface area contributed by atoms with Crippen molar-refractivity contribution < 1.29 is 80.2 Å².